The van der Waals surface area contributed by atoms with Crippen LogP contribution in [0.25, 0.3) is 0 Å². The van der Waals surface area contributed by atoms with Gasteiger partial charge in [0.2, 0.25) is 0 Å². The van der Waals surface area contributed by atoms with Gasteiger partial charge in [0.25, 0.3) is 0 Å². The third-order valence-corrected chi connectivity index (χ3v) is 3.43. The zero-order chi connectivity index (χ0) is 10.7. The first-order valence-electron chi connectivity index (χ1n) is 6.46. The van der Waals surface area contributed by atoms with E-state index >= 15 is 0 Å². The summed E-state index contributed by atoms with van der Waals surface area (Å²) in [4.78, 5) is 13.5. The standard InChI is InChI=1S/C13H23NO/c1-11(15)3-2-8-14(9-12-4-5-12)10-13-6-7-13/h12-13H,2-10H2,1H3. The van der Waals surface area contributed by atoms with Crippen molar-refractivity contribution < 1.29 is 4.79 Å². The molecule has 0 aromatic heterocycles. The second-order valence-electron chi connectivity index (χ2n) is 5.45. The maximum atomic E-state index is 10.9. The van der Waals surface area contributed by atoms with Crippen molar-refractivity contribution in [3.05, 3.63) is 0 Å². The number of Topliss-reactive ketones (excluding diaryl/α,β-unsaturated/α-hetero) is 1. The van der Waals surface area contributed by atoms with Crippen LogP contribution < -0.4 is 0 Å². The lowest BCUT2D eigenvalue weighted by atomic mass is 10.2. The molecule has 2 rings (SSSR count). The molecule has 15 heavy (non-hydrogen) atoms. The van der Waals surface area contributed by atoms with Crippen molar-refractivity contribution in [2.24, 2.45) is 11.8 Å². The number of hydrogen-bond acceptors (Lipinski definition) is 2. The summed E-state index contributed by atoms with van der Waals surface area (Å²) >= 11 is 0. The molecule has 2 saturated carbocycles. The number of hydrogen-bond donors (Lipinski definition) is 0. The molecule has 0 unspecified atom stereocenters. The summed E-state index contributed by atoms with van der Waals surface area (Å²) < 4.78 is 0. The molecule has 0 bridgehead atoms. The quantitative estimate of drug-likeness (QED) is 0.612. The first kappa shape index (κ1) is 11.1. The zero-order valence-corrected chi connectivity index (χ0v) is 9.87. The molecule has 2 fully saturated rings. The Labute approximate surface area is 93.0 Å². The van der Waals surface area contributed by atoms with Crippen molar-refractivity contribution in [1.82, 2.24) is 4.90 Å². The van der Waals surface area contributed by atoms with Crippen LogP contribution in [-0.4, -0.2) is 30.3 Å². The minimum atomic E-state index is 0.341. The van der Waals surface area contributed by atoms with Gasteiger partial charge in [-0.2, -0.15) is 0 Å². The average molecular weight is 209 g/mol. The average Bonchev–Trinajstić information content (AvgIpc) is 2.97. The van der Waals surface area contributed by atoms with Crippen LogP contribution in [0.4, 0.5) is 0 Å². The van der Waals surface area contributed by atoms with Gasteiger partial charge in [-0.3, -0.25) is 0 Å². The second-order valence-corrected chi connectivity index (χ2v) is 5.45. The van der Waals surface area contributed by atoms with E-state index in [-0.39, 0.29) is 0 Å². The Hall–Kier alpha value is -0.370. The molecule has 0 aromatic rings. The molecule has 86 valence electrons. The van der Waals surface area contributed by atoms with Crippen LogP contribution in [0.1, 0.15) is 45.4 Å². The predicted octanol–water partition coefficient (Wildman–Crippen LogP) is 2.48. The van der Waals surface area contributed by atoms with E-state index < -0.39 is 0 Å². The number of rotatable bonds is 8. The van der Waals surface area contributed by atoms with Gasteiger partial charge in [0.1, 0.15) is 5.78 Å². The summed E-state index contributed by atoms with van der Waals surface area (Å²) in [5.41, 5.74) is 0. The fourth-order valence-electron chi connectivity index (χ4n) is 2.14. The van der Waals surface area contributed by atoms with E-state index in [2.05, 4.69) is 4.90 Å². The molecule has 0 N–H and O–H groups in total. The molecule has 0 atom stereocenters. The van der Waals surface area contributed by atoms with Crippen molar-refractivity contribution in [2.45, 2.75) is 45.4 Å². The first-order chi connectivity index (χ1) is 7.24. The molecule has 0 aliphatic heterocycles. The Morgan fingerprint density at radius 2 is 1.67 bits per heavy atom. The van der Waals surface area contributed by atoms with E-state index in [1.165, 1.54) is 38.8 Å². The van der Waals surface area contributed by atoms with Gasteiger partial charge in [0.05, 0.1) is 0 Å². The summed E-state index contributed by atoms with van der Waals surface area (Å²) in [5, 5.41) is 0. The van der Waals surface area contributed by atoms with E-state index in [0.29, 0.717) is 5.78 Å². The summed E-state index contributed by atoms with van der Waals surface area (Å²) in [6.07, 6.45) is 7.59. The molecule has 0 saturated heterocycles. The summed E-state index contributed by atoms with van der Waals surface area (Å²) in [6.45, 7) is 5.45. The summed E-state index contributed by atoms with van der Waals surface area (Å²) in [7, 11) is 0. The highest BCUT2D eigenvalue weighted by atomic mass is 16.1. The Morgan fingerprint density at radius 3 is 2.07 bits per heavy atom. The monoisotopic (exact) mass is 209 g/mol. The zero-order valence-electron chi connectivity index (χ0n) is 9.87. The molecule has 0 aromatic carbocycles. The van der Waals surface area contributed by atoms with Gasteiger partial charge in [-0.1, -0.05) is 0 Å². The predicted molar refractivity (Wildman–Crippen MR) is 61.8 cm³/mol. The van der Waals surface area contributed by atoms with Crippen LogP contribution in [-0.2, 0) is 4.79 Å². The minimum Gasteiger partial charge on any atom is -0.303 e. The first-order valence-corrected chi connectivity index (χ1v) is 6.46. The summed E-state index contributed by atoms with van der Waals surface area (Å²) in [5.74, 6) is 2.31. The van der Waals surface area contributed by atoms with Gasteiger partial charge in [-0.15, -0.1) is 0 Å². The molecule has 2 aliphatic carbocycles. The van der Waals surface area contributed by atoms with Crippen molar-refractivity contribution in [3.8, 4) is 0 Å². The lowest BCUT2D eigenvalue weighted by molar-refractivity contribution is -0.117. The van der Waals surface area contributed by atoms with Crippen LogP contribution in [0.15, 0.2) is 0 Å². The molecular formula is C13H23NO. The highest BCUT2D eigenvalue weighted by Gasteiger charge is 2.28. The third-order valence-electron chi connectivity index (χ3n) is 3.43. The van der Waals surface area contributed by atoms with E-state index in [0.717, 1.165) is 31.2 Å². The fraction of sp³-hybridized carbons (Fsp3) is 0.923. The molecule has 0 spiro atoms. The van der Waals surface area contributed by atoms with Crippen LogP contribution in [0.5, 0.6) is 0 Å². The summed E-state index contributed by atoms with van der Waals surface area (Å²) in [6, 6.07) is 0. The highest BCUT2D eigenvalue weighted by molar-refractivity contribution is 5.75. The lowest BCUT2D eigenvalue weighted by Gasteiger charge is -2.21. The van der Waals surface area contributed by atoms with Crippen molar-refractivity contribution in [2.75, 3.05) is 19.6 Å². The van der Waals surface area contributed by atoms with Crippen LogP contribution in [0, 0.1) is 11.8 Å². The van der Waals surface area contributed by atoms with Gasteiger partial charge in [0, 0.05) is 19.5 Å². The maximum Gasteiger partial charge on any atom is 0.129 e. The normalized spacial score (nSPS) is 20.9. The van der Waals surface area contributed by atoms with E-state index in [1.54, 1.807) is 6.92 Å². The maximum absolute atomic E-state index is 10.9. The molecule has 0 amide bonds. The van der Waals surface area contributed by atoms with Gasteiger partial charge in [0.15, 0.2) is 0 Å². The molecule has 0 radical (unpaired) electrons. The Kier molecular flexibility index (Phi) is 3.79. The number of nitrogens with zero attached hydrogens (tertiary/aromatic N) is 1. The Balaban J connectivity index is 1.63. The molecule has 0 heterocycles. The van der Waals surface area contributed by atoms with Gasteiger partial charge in [-0.05, 0) is 57.4 Å². The van der Waals surface area contributed by atoms with Crippen molar-refractivity contribution in [1.29, 1.82) is 0 Å². The van der Waals surface area contributed by atoms with E-state index in [1.807, 2.05) is 0 Å². The molecule has 2 aliphatic rings. The Bertz CT molecular complexity index is 205. The van der Waals surface area contributed by atoms with Crippen LogP contribution >= 0.6 is 0 Å². The second kappa shape index (κ2) is 5.11. The van der Waals surface area contributed by atoms with Crippen molar-refractivity contribution in [3.63, 3.8) is 0 Å². The smallest absolute Gasteiger partial charge is 0.129 e. The van der Waals surface area contributed by atoms with Gasteiger partial charge in [-0.25, -0.2) is 0 Å². The molecular weight excluding hydrogens is 186 g/mol. The highest BCUT2D eigenvalue weighted by Crippen LogP contribution is 2.33. The Morgan fingerprint density at radius 1 is 1.13 bits per heavy atom. The van der Waals surface area contributed by atoms with Crippen LogP contribution in [0.2, 0.25) is 0 Å². The number of carbonyl (C=O) groups excluding carboxylic acids is 1. The van der Waals surface area contributed by atoms with Crippen molar-refractivity contribution >= 4 is 5.78 Å². The fourth-order valence-corrected chi connectivity index (χ4v) is 2.14. The van der Waals surface area contributed by atoms with E-state index in [4.69, 9.17) is 0 Å². The van der Waals surface area contributed by atoms with Gasteiger partial charge < -0.3 is 9.69 Å². The third kappa shape index (κ3) is 4.78. The number of ketones is 1. The topological polar surface area (TPSA) is 20.3 Å². The SMILES string of the molecule is CC(=O)CCCN(CC1CC1)CC1CC1. The minimum absolute atomic E-state index is 0.341. The molecule has 2 nitrogen and oxygen atoms in total. The largest absolute Gasteiger partial charge is 0.303 e. The number of carbonyl (C=O) groups is 1. The molecule has 2 heteroatoms. The van der Waals surface area contributed by atoms with Gasteiger partial charge >= 0.3 is 0 Å². The van der Waals surface area contributed by atoms with Crippen LogP contribution in [0.3, 0.4) is 0 Å². The lowest BCUT2D eigenvalue weighted by Crippen LogP contribution is -2.29. The van der Waals surface area contributed by atoms with E-state index in [9.17, 15) is 4.79 Å².